The molecular weight excluding hydrogens is 419 g/mol. The maximum Gasteiger partial charge on any atom is 0.259 e. The van der Waals surface area contributed by atoms with Gasteiger partial charge in [0.05, 0.1) is 33.8 Å². The standard InChI is InChI=1S/C22H19FN4O3S/c1-12-7-8-18(31-12)17-10-16(20-13(2)26-30-21(20)25-17)22(29)27(3)11-19(28)24-15-6-4-5-14(23)9-15/h4-10H,11H2,1-3H3,(H,24,28). The van der Waals surface area contributed by atoms with Crippen LogP contribution in [0.5, 0.6) is 0 Å². The smallest absolute Gasteiger partial charge is 0.259 e. The molecular formula is C22H19FN4O3S. The van der Waals surface area contributed by atoms with Gasteiger partial charge in [0.2, 0.25) is 5.91 Å². The van der Waals surface area contributed by atoms with Gasteiger partial charge in [0.15, 0.2) is 0 Å². The zero-order chi connectivity index (χ0) is 22.1. The molecule has 0 spiro atoms. The summed E-state index contributed by atoms with van der Waals surface area (Å²) in [6, 6.07) is 11.2. The SMILES string of the molecule is Cc1ccc(-c2cc(C(=O)N(C)CC(=O)Nc3cccc(F)c3)c3c(C)noc3n2)s1. The van der Waals surface area contributed by atoms with Crippen molar-refractivity contribution in [3.8, 4) is 10.6 Å². The number of thiophene rings is 1. The Labute approximate surface area is 181 Å². The van der Waals surface area contributed by atoms with Crippen LogP contribution in [0.25, 0.3) is 21.7 Å². The maximum atomic E-state index is 13.3. The molecule has 2 amide bonds. The van der Waals surface area contributed by atoms with Gasteiger partial charge in [0.1, 0.15) is 5.82 Å². The van der Waals surface area contributed by atoms with Gasteiger partial charge < -0.3 is 14.7 Å². The van der Waals surface area contributed by atoms with E-state index in [9.17, 15) is 14.0 Å². The third-order valence-electron chi connectivity index (χ3n) is 4.68. The van der Waals surface area contributed by atoms with Crippen molar-refractivity contribution in [3.05, 3.63) is 64.4 Å². The number of pyridine rings is 1. The molecule has 9 heteroatoms. The highest BCUT2D eigenvalue weighted by molar-refractivity contribution is 7.15. The van der Waals surface area contributed by atoms with Crippen LogP contribution in [0.3, 0.4) is 0 Å². The summed E-state index contributed by atoms with van der Waals surface area (Å²) in [6.07, 6.45) is 0. The predicted molar refractivity (Wildman–Crippen MR) is 117 cm³/mol. The number of likely N-dealkylation sites (N-methyl/N-ethyl adjacent to an activating group) is 1. The Morgan fingerprint density at radius 1 is 1.19 bits per heavy atom. The van der Waals surface area contributed by atoms with Crippen molar-refractivity contribution in [2.75, 3.05) is 18.9 Å². The lowest BCUT2D eigenvalue weighted by molar-refractivity contribution is -0.116. The first-order chi connectivity index (χ1) is 14.8. The fourth-order valence-electron chi connectivity index (χ4n) is 3.22. The third-order valence-corrected chi connectivity index (χ3v) is 5.70. The Morgan fingerprint density at radius 2 is 2.00 bits per heavy atom. The number of benzene rings is 1. The molecule has 7 nitrogen and oxygen atoms in total. The summed E-state index contributed by atoms with van der Waals surface area (Å²) in [7, 11) is 1.53. The molecule has 0 unspecified atom stereocenters. The number of hydrogen-bond donors (Lipinski definition) is 1. The van der Waals surface area contributed by atoms with Gasteiger partial charge in [-0.25, -0.2) is 9.37 Å². The number of hydrogen-bond acceptors (Lipinski definition) is 6. The molecule has 0 aliphatic heterocycles. The average Bonchev–Trinajstić information content (AvgIpc) is 3.32. The topological polar surface area (TPSA) is 88.3 Å². The number of carbonyl (C=O) groups excluding carboxylic acids is 2. The molecule has 0 saturated heterocycles. The van der Waals surface area contributed by atoms with Crippen LogP contribution in [0, 0.1) is 19.7 Å². The van der Waals surface area contributed by atoms with Gasteiger partial charge >= 0.3 is 0 Å². The molecule has 0 bridgehead atoms. The van der Waals surface area contributed by atoms with Crippen molar-refractivity contribution in [1.82, 2.24) is 15.0 Å². The summed E-state index contributed by atoms with van der Waals surface area (Å²) in [6.45, 7) is 3.51. The number of amides is 2. The van der Waals surface area contributed by atoms with Gasteiger partial charge in [-0.3, -0.25) is 9.59 Å². The second-order valence-electron chi connectivity index (χ2n) is 7.13. The molecule has 0 radical (unpaired) electrons. The van der Waals surface area contributed by atoms with Crippen LogP contribution in [-0.4, -0.2) is 40.4 Å². The van der Waals surface area contributed by atoms with Crippen LogP contribution in [0.1, 0.15) is 20.9 Å². The Kier molecular flexibility index (Phi) is 5.51. The van der Waals surface area contributed by atoms with Crippen LogP contribution >= 0.6 is 11.3 Å². The minimum atomic E-state index is -0.458. The number of aryl methyl sites for hydroxylation is 2. The van der Waals surface area contributed by atoms with Crippen LogP contribution in [0.4, 0.5) is 10.1 Å². The van der Waals surface area contributed by atoms with E-state index in [4.69, 9.17) is 4.52 Å². The van der Waals surface area contributed by atoms with Gasteiger partial charge in [-0.05, 0) is 50.2 Å². The number of fused-ring (bicyclic) bond motifs is 1. The Balaban J connectivity index is 1.61. The normalized spacial score (nSPS) is 11.0. The maximum absolute atomic E-state index is 13.3. The summed E-state index contributed by atoms with van der Waals surface area (Å²) in [5, 5.41) is 7.05. The molecule has 0 saturated carbocycles. The van der Waals surface area contributed by atoms with E-state index in [2.05, 4.69) is 15.5 Å². The highest BCUT2D eigenvalue weighted by Crippen LogP contribution is 2.31. The van der Waals surface area contributed by atoms with E-state index < -0.39 is 11.7 Å². The molecule has 31 heavy (non-hydrogen) atoms. The molecule has 0 fully saturated rings. The van der Waals surface area contributed by atoms with Crippen LogP contribution in [0.15, 0.2) is 47.0 Å². The lowest BCUT2D eigenvalue weighted by atomic mass is 10.1. The van der Waals surface area contributed by atoms with Crippen molar-refractivity contribution in [2.45, 2.75) is 13.8 Å². The minimum absolute atomic E-state index is 0.211. The second kappa shape index (κ2) is 8.27. The van der Waals surface area contributed by atoms with Gasteiger partial charge in [-0.1, -0.05) is 11.2 Å². The summed E-state index contributed by atoms with van der Waals surface area (Å²) >= 11 is 1.55. The number of nitrogens with one attached hydrogen (secondary N) is 1. The number of anilines is 1. The first kappa shape index (κ1) is 20.7. The minimum Gasteiger partial charge on any atom is -0.335 e. The highest BCUT2D eigenvalue weighted by Gasteiger charge is 2.23. The average molecular weight is 438 g/mol. The molecule has 4 rings (SSSR count). The molecule has 4 aromatic rings. The lowest BCUT2D eigenvalue weighted by Crippen LogP contribution is -2.35. The largest absolute Gasteiger partial charge is 0.335 e. The predicted octanol–water partition coefficient (Wildman–Crippen LogP) is 4.42. The van der Waals surface area contributed by atoms with E-state index in [0.29, 0.717) is 28.0 Å². The zero-order valence-electron chi connectivity index (χ0n) is 17.1. The van der Waals surface area contributed by atoms with Gasteiger partial charge in [-0.2, -0.15) is 0 Å². The van der Waals surface area contributed by atoms with E-state index >= 15 is 0 Å². The van der Waals surface area contributed by atoms with E-state index in [1.54, 1.807) is 30.4 Å². The van der Waals surface area contributed by atoms with E-state index in [0.717, 1.165) is 9.75 Å². The molecule has 1 N–H and O–H groups in total. The van der Waals surface area contributed by atoms with Crippen molar-refractivity contribution >= 4 is 39.9 Å². The summed E-state index contributed by atoms with van der Waals surface area (Å²) in [5.74, 6) is -1.27. The fourth-order valence-corrected chi connectivity index (χ4v) is 4.05. The van der Waals surface area contributed by atoms with Crippen LogP contribution < -0.4 is 5.32 Å². The molecule has 3 heterocycles. The van der Waals surface area contributed by atoms with Crippen molar-refractivity contribution in [1.29, 1.82) is 0 Å². The molecule has 1 aromatic carbocycles. The molecule has 0 aliphatic carbocycles. The van der Waals surface area contributed by atoms with E-state index in [-0.39, 0.29) is 18.2 Å². The number of halogens is 1. The first-order valence-corrected chi connectivity index (χ1v) is 10.3. The monoisotopic (exact) mass is 438 g/mol. The van der Waals surface area contributed by atoms with Gasteiger partial charge in [0.25, 0.3) is 11.6 Å². The van der Waals surface area contributed by atoms with Crippen molar-refractivity contribution in [3.63, 3.8) is 0 Å². The van der Waals surface area contributed by atoms with Crippen molar-refractivity contribution < 1.29 is 18.5 Å². The Bertz CT molecular complexity index is 1300. The summed E-state index contributed by atoms with van der Waals surface area (Å²) in [5.41, 5.74) is 2.08. The summed E-state index contributed by atoms with van der Waals surface area (Å²) in [4.78, 5) is 33.4. The fraction of sp³-hybridized carbons (Fsp3) is 0.182. The quantitative estimate of drug-likeness (QED) is 0.498. The van der Waals surface area contributed by atoms with Gasteiger partial charge in [-0.15, -0.1) is 11.3 Å². The Morgan fingerprint density at radius 3 is 2.71 bits per heavy atom. The number of nitrogens with zero attached hydrogens (tertiary/aromatic N) is 3. The number of aromatic nitrogens is 2. The molecule has 0 atom stereocenters. The van der Waals surface area contributed by atoms with Crippen molar-refractivity contribution in [2.24, 2.45) is 0 Å². The molecule has 158 valence electrons. The first-order valence-electron chi connectivity index (χ1n) is 9.46. The Hall–Kier alpha value is -3.59. The third kappa shape index (κ3) is 4.31. The number of carbonyl (C=O) groups is 2. The molecule has 3 aromatic heterocycles. The second-order valence-corrected chi connectivity index (χ2v) is 8.42. The van der Waals surface area contributed by atoms with Crippen LogP contribution in [0.2, 0.25) is 0 Å². The van der Waals surface area contributed by atoms with Crippen LogP contribution in [-0.2, 0) is 4.79 Å². The van der Waals surface area contributed by atoms with Gasteiger partial charge in [0, 0.05) is 17.6 Å². The molecule has 0 aliphatic rings. The van der Waals surface area contributed by atoms with E-state index in [1.165, 1.54) is 30.1 Å². The number of rotatable bonds is 5. The summed E-state index contributed by atoms with van der Waals surface area (Å²) < 4.78 is 18.6. The highest BCUT2D eigenvalue weighted by atomic mass is 32.1. The van der Waals surface area contributed by atoms with E-state index in [1.807, 2.05) is 19.1 Å². The lowest BCUT2D eigenvalue weighted by Gasteiger charge is -2.17. The zero-order valence-corrected chi connectivity index (χ0v) is 17.9.